The van der Waals surface area contributed by atoms with E-state index in [4.69, 9.17) is 5.14 Å². The van der Waals surface area contributed by atoms with Gasteiger partial charge < -0.3 is 10.6 Å². The highest BCUT2D eigenvalue weighted by Gasteiger charge is 2.09. The third-order valence-electron chi connectivity index (χ3n) is 2.48. The average Bonchev–Trinajstić information content (AvgIpc) is 2.29. The highest BCUT2D eigenvalue weighted by molar-refractivity contribution is 7.89. The van der Waals surface area contributed by atoms with Crippen LogP contribution in [0.2, 0.25) is 0 Å². The Labute approximate surface area is 114 Å². The fourth-order valence-electron chi connectivity index (χ4n) is 1.53. The van der Waals surface area contributed by atoms with Crippen molar-refractivity contribution in [3.63, 3.8) is 0 Å². The lowest BCUT2D eigenvalue weighted by Crippen LogP contribution is -2.23. The van der Waals surface area contributed by atoms with Crippen molar-refractivity contribution in [2.75, 3.05) is 29.5 Å². The van der Waals surface area contributed by atoms with Crippen LogP contribution < -0.4 is 15.8 Å². The van der Waals surface area contributed by atoms with Crippen molar-refractivity contribution in [2.24, 2.45) is 5.14 Å². The van der Waals surface area contributed by atoms with Gasteiger partial charge in [-0.05, 0) is 20.3 Å². The van der Waals surface area contributed by atoms with Gasteiger partial charge in [-0.1, -0.05) is 6.92 Å². The van der Waals surface area contributed by atoms with Crippen LogP contribution in [0, 0.1) is 13.8 Å². The zero-order valence-electron chi connectivity index (χ0n) is 11.5. The maximum Gasteiger partial charge on any atom is 0.210 e. The summed E-state index contributed by atoms with van der Waals surface area (Å²) in [7, 11) is -3.46. The molecular weight excluding hydrogens is 266 g/mol. The van der Waals surface area contributed by atoms with Crippen LogP contribution in [0.15, 0.2) is 0 Å². The van der Waals surface area contributed by atoms with Crippen LogP contribution in [-0.2, 0) is 10.0 Å². The molecule has 0 fully saturated rings. The predicted octanol–water partition coefficient (Wildman–Crippen LogP) is 0.616. The summed E-state index contributed by atoms with van der Waals surface area (Å²) in [5.41, 5.74) is 0.869. The lowest BCUT2D eigenvalue weighted by Gasteiger charge is -2.13. The zero-order chi connectivity index (χ0) is 14.5. The number of hydrogen-bond donors (Lipinski definition) is 3. The second-order valence-electron chi connectivity index (χ2n) is 4.31. The van der Waals surface area contributed by atoms with E-state index in [2.05, 4.69) is 27.5 Å². The standard InChI is InChI=1S/C11H21N5O2S/c1-4-5-13-10-8(2)11(16-9(3)15-10)14-6-7-19(12,17)18/h4-7H2,1-3H3,(H2,12,17,18)(H2,13,14,15,16). The van der Waals surface area contributed by atoms with Crippen molar-refractivity contribution in [3.05, 3.63) is 11.4 Å². The lowest BCUT2D eigenvalue weighted by molar-refractivity contribution is 0.598. The molecule has 1 heterocycles. The molecule has 0 saturated heterocycles. The molecule has 1 aromatic rings. The number of primary sulfonamides is 1. The van der Waals surface area contributed by atoms with Gasteiger partial charge in [0.15, 0.2) is 0 Å². The highest BCUT2D eigenvalue weighted by Crippen LogP contribution is 2.19. The first-order valence-corrected chi connectivity index (χ1v) is 7.88. The van der Waals surface area contributed by atoms with E-state index < -0.39 is 10.0 Å². The van der Waals surface area contributed by atoms with Gasteiger partial charge in [-0.15, -0.1) is 0 Å². The number of nitrogens with zero attached hydrogens (tertiary/aromatic N) is 2. The minimum Gasteiger partial charge on any atom is -0.370 e. The van der Waals surface area contributed by atoms with Crippen molar-refractivity contribution in [1.82, 2.24) is 9.97 Å². The summed E-state index contributed by atoms with van der Waals surface area (Å²) in [6.07, 6.45) is 0.997. The first-order valence-electron chi connectivity index (χ1n) is 6.17. The minimum atomic E-state index is -3.46. The largest absolute Gasteiger partial charge is 0.370 e. The highest BCUT2D eigenvalue weighted by atomic mass is 32.2. The maximum absolute atomic E-state index is 10.9. The van der Waals surface area contributed by atoms with Gasteiger partial charge in [-0.2, -0.15) is 0 Å². The average molecular weight is 287 g/mol. The molecule has 0 amide bonds. The molecule has 0 atom stereocenters. The minimum absolute atomic E-state index is 0.132. The van der Waals surface area contributed by atoms with Crippen LogP contribution >= 0.6 is 0 Å². The molecule has 0 unspecified atom stereocenters. The number of nitrogens with two attached hydrogens (primary N) is 1. The molecule has 108 valence electrons. The van der Waals surface area contributed by atoms with Crippen molar-refractivity contribution < 1.29 is 8.42 Å². The topological polar surface area (TPSA) is 110 Å². The second kappa shape index (κ2) is 6.67. The van der Waals surface area contributed by atoms with E-state index in [1.807, 2.05) is 6.92 Å². The van der Waals surface area contributed by atoms with Crippen molar-refractivity contribution >= 4 is 21.7 Å². The zero-order valence-corrected chi connectivity index (χ0v) is 12.3. The van der Waals surface area contributed by atoms with Crippen molar-refractivity contribution in [3.8, 4) is 0 Å². The van der Waals surface area contributed by atoms with Gasteiger partial charge in [0.05, 0.1) is 5.75 Å². The Morgan fingerprint density at radius 1 is 1.11 bits per heavy atom. The van der Waals surface area contributed by atoms with E-state index in [0.717, 1.165) is 24.3 Å². The van der Waals surface area contributed by atoms with Gasteiger partial charge in [-0.3, -0.25) is 0 Å². The molecule has 0 aliphatic carbocycles. The van der Waals surface area contributed by atoms with Crippen molar-refractivity contribution in [1.29, 1.82) is 0 Å². The van der Waals surface area contributed by atoms with Gasteiger partial charge in [-0.25, -0.2) is 23.5 Å². The van der Waals surface area contributed by atoms with Crippen molar-refractivity contribution in [2.45, 2.75) is 27.2 Å². The quantitative estimate of drug-likeness (QED) is 0.678. The molecule has 0 aromatic carbocycles. The lowest BCUT2D eigenvalue weighted by atomic mass is 10.3. The van der Waals surface area contributed by atoms with E-state index in [1.54, 1.807) is 6.92 Å². The predicted molar refractivity (Wildman–Crippen MR) is 76.8 cm³/mol. The van der Waals surface area contributed by atoms with E-state index >= 15 is 0 Å². The smallest absolute Gasteiger partial charge is 0.210 e. The van der Waals surface area contributed by atoms with Gasteiger partial charge in [0.1, 0.15) is 17.5 Å². The molecule has 0 radical (unpaired) electrons. The van der Waals surface area contributed by atoms with Crippen LogP contribution in [0.3, 0.4) is 0 Å². The number of anilines is 2. The summed E-state index contributed by atoms with van der Waals surface area (Å²) in [5, 5.41) is 11.1. The number of aromatic nitrogens is 2. The summed E-state index contributed by atoms with van der Waals surface area (Å²) in [4.78, 5) is 8.59. The summed E-state index contributed by atoms with van der Waals surface area (Å²) < 4.78 is 21.7. The molecule has 7 nitrogen and oxygen atoms in total. The molecule has 8 heteroatoms. The molecule has 0 saturated carbocycles. The van der Waals surface area contributed by atoms with Crippen LogP contribution in [0.5, 0.6) is 0 Å². The Balaban J connectivity index is 2.79. The first kappa shape index (κ1) is 15.6. The van der Waals surface area contributed by atoms with Gasteiger partial charge in [0.25, 0.3) is 0 Å². The Hall–Kier alpha value is -1.41. The normalized spacial score (nSPS) is 11.4. The van der Waals surface area contributed by atoms with E-state index in [-0.39, 0.29) is 12.3 Å². The molecule has 0 spiro atoms. The van der Waals surface area contributed by atoms with Gasteiger partial charge in [0.2, 0.25) is 10.0 Å². The van der Waals surface area contributed by atoms with Crippen LogP contribution in [0.4, 0.5) is 11.6 Å². The molecule has 1 rings (SSSR count). The number of nitrogens with one attached hydrogen (secondary N) is 2. The fourth-order valence-corrected chi connectivity index (χ4v) is 1.91. The molecule has 19 heavy (non-hydrogen) atoms. The molecule has 0 aliphatic rings. The maximum atomic E-state index is 10.9. The first-order chi connectivity index (χ1) is 8.83. The fraction of sp³-hybridized carbons (Fsp3) is 0.636. The second-order valence-corrected chi connectivity index (χ2v) is 6.05. The Morgan fingerprint density at radius 3 is 2.11 bits per heavy atom. The Morgan fingerprint density at radius 2 is 1.63 bits per heavy atom. The number of sulfonamides is 1. The third-order valence-corrected chi connectivity index (χ3v) is 3.25. The van der Waals surface area contributed by atoms with Crippen LogP contribution in [-0.4, -0.2) is 37.2 Å². The van der Waals surface area contributed by atoms with Gasteiger partial charge >= 0.3 is 0 Å². The molecule has 1 aromatic heterocycles. The summed E-state index contributed by atoms with van der Waals surface area (Å²) in [6, 6.07) is 0. The third kappa shape index (κ3) is 5.39. The Bertz CT molecular complexity index is 530. The summed E-state index contributed by atoms with van der Waals surface area (Å²) in [5.74, 6) is 1.90. The molecule has 4 N–H and O–H groups in total. The van der Waals surface area contributed by atoms with E-state index in [0.29, 0.717) is 11.6 Å². The number of rotatable bonds is 7. The van der Waals surface area contributed by atoms with Crippen LogP contribution in [0.1, 0.15) is 24.7 Å². The van der Waals surface area contributed by atoms with Crippen LogP contribution in [0.25, 0.3) is 0 Å². The monoisotopic (exact) mass is 287 g/mol. The molecule has 0 bridgehead atoms. The van der Waals surface area contributed by atoms with E-state index in [9.17, 15) is 8.42 Å². The molecular formula is C11H21N5O2S. The Kier molecular flexibility index (Phi) is 5.49. The number of aryl methyl sites for hydroxylation is 1. The summed E-state index contributed by atoms with van der Waals surface area (Å²) in [6.45, 7) is 6.80. The SMILES string of the molecule is CCCNc1nc(C)nc(NCCS(N)(=O)=O)c1C. The number of hydrogen-bond acceptors (Lipinski definition) is 6. The van der Waals surface area contributed by atoms with Gasteiger partial charge in [0, 0.05) is 18.7 Å². The van der Waals surface area contributed by atoms with E-state index in [1.165, 1.54) is 0 Å². The molecule has 0 aliphatic heterocycles. The summed E-state index contributed by atoms with van der Waals surface area (Å²) >= 11 is 0.